The molecule has 0 heterocycles. The smallest absolute Gasteiger partial charge is 0.144 e. The van der Waals surface area contributed by atoms with Gasteiger partial charge in [-0.05, 0) is 12.8 Å². The van der Waals surface area contributed by atoms with E-state index in [0.717, 1.165) is 25.7 Å². The van der Waals surface area contributed by atoms with Crippen molar-refractivity contribution < 1.29 is 18.9 Å². The molecule has 0 bridgehead atoms. The van der Waals surface area contributed by atoms with Gasteiger partial charge in [0, 0.05) is 28.4 Å². The SMILES string of the molecule is CCCC(OC)(OC)[SiH2]CCC[SiH2]C(CCC)(OC)OC. The molecule has 0 aliphatic heterocycles. The first-order valence-corrected chi connectivity index (χ1v) is 11.7. The molecule has 0 aliphatic carbocycles. The molecule has 21 heavy (non-hydrogen) atoms. The highest BCUT2D eigenvalue weighted by atomic mass is 28.2. The molecule has 0 saturated carbocycles. The molecule has 0 fully saturated rings. The van der Waals surface area contributed by atoms with Crippen molar-refractivity contribution in [2.24, 2.45) is 0 Å². The van der Waals surface area contributed by atoms with Crippen molar-refractivity contribution in [2.75, 3.05) is 28.4 Å². The molecule has 0 aliphatic rings. The van der Waals surface area contributed by atoms with Crippen LogP contribution in [0, 0.1) is 0 Å². The number of hydrogen-bond acceptors (Lipinski definition) is 4. The summed E-state index contributed by atoms with van der Waals surface area (Å²) in [5.41, 5.74) is -0.501. The Balaban J connectivity index is 4.13. The van der Waals surface area contributed by atoms with Gasteiger partial charge in [0.2, 0.25) is 0 Å². The van der Waals surface area contributed by atoms with Crippen molar-refractivity contribution in [1.29, 1.82) is 0 Å². The van der Waals surface area contributed by atoms with Gasteiger partial charge in [-0.1, -0.05) is 45.2 Å². The number of hydrogen-bond donors (Lipinski definition) is 0. The molecule has 0 aromatic carbocycles. The summed E-state index contributed by atoms with van der Waals surface area (Å²) in [5.74, 6) is 0. The third-order valence-corrected chi connectivity index (χ3v) is 9.46. The topological polar surface area (TPSA) is 36.9 Å². The highest BCUT2D eigenvalue weighted by molar-refractivity contribution is 6.41. The predicted molar refractivity (Wildman–Crippen MR) is 94.6 cm³/mol. The van der Waals surface area contributed by atoms with E-state index in [1.807, 2.05) is 0 Å². The first-order chi connectivity index (χ1) is 10.1. The lowest BCUT2D eigenvalue weighted by molar-refractivity contribution is -0.149. The Morgan fingerprint density at radius 3 is 1.24 bits per heavy atom. The normalized spacial score (nSPS) is 14.0. The van der Waals surface area contributed by atoms with Gasteiger partial charge in [0.1, 0.15) is 10.8 Å². The van der Waals surface area contributed by atoms with Gasteiger partial charge in [-0.2, -0.15) is 0 Å². The van der Waals surface area contributed by atoms with Crippen LogP contribution in [0.3, 0.4) is 0 Å². The summed E-state index contributed by atoms with van der Waals surface area (Å²) < 4.78 is 22.6. The van der Waals surface area contributed by atoms with Crippen LogP contribution in [0.2, 0.25) is 12.1 Å². The van der Waals surface area contributed by atoms with Gasteiger partial charge in [0.05, 0.1) is 19.0 Å². The molecule has 0 saturated heterocycles. The number of rotatable bonds is 14. The summed E-state index contributed by atoms with van der Waals surface area (Å²) in [4.78, 5) is 0. The van der Waals surface area contributed by atoms with Gasteiger partial charge in [-0.15, -0.1) is 0 Å². The molecule has 6 heteroatoms. The quantitative estimate of drug-likeness (QED) is 0.276. The van der Waals surface area contributed by atoms with Gasteiger partial charge in [0.15, 0.2) is 0 Å². The van der Waals surface area contributed by atoms with Crippen molar-refractivity contribution >= 4 is 19.0 Å². The number of methoxy groups -OCH3 is 4. The van der Waals surface area contributed by atoms with Crippen LogP contribution in [0.15, 0.2) is 0 Å². The second-order valence-corrected chi connectivity index (χ2v) is 10.3. The maximum absolute atomic E-state index is 5.66. The van der Waals surface area contributed by atoms with E-state index in [4.69, 9.17) is 18.9 Å². The Labute approximate surface area is 135 Å². The zero-order valence-corrected chi connectivity index (χ0v) is 17.8. The zero-order chi connectivity index (χ0) is 16.2. The van der Waals surface area contributed by atoms with Crippen molar-refractivity contribution in [2.45, 2.75) is 68.9 Å². The standard InChI is InChI=1S/C15H36O4Si2/c1-7-10-14(16-3,17-4)20-12-9-13-21-15(18-5,19-6)11-8-2/h7-13,20-21H2,1-6H3. The van der Waals surface area contributed by atoms with Gasteiger partial charge < -0.3 is 18.9 Å². The van der Waals surface area contributed by atoms with Gasteiger partial charge in [-0.25, -0.2) is 0 Å². The van der Waals surface area contributed by atoms with Crippen LogP contribution in [0.1, 0.15) is 46.0 Å². The summed E-state index contributed by atoms with van der Waals surface area (Å²) in [6.45, 7) is 4.37. The van der Waals surface area contributed by atoms with E-state index in [1.165, 1.54) is 18.5 Å². The maximum atomic E-state index is 5.66. The molecular formula is C15H36O4Si2. The van der Waals surface area contributed by atoms with E-state index in [0.29, 0.717) is 0 Å². The van der Waals surface area contributed by atoms with Crippen LogP contribution in [0.5, 0.6) is 0 Å². The van der Waals surface area contributed by atoms with E-state index >= 15 is 0 Å². The average Bonchev–Trinajstić information content (AvgIpc) is 2.52. The molecule has 4 nitrogen and oxygen atoms in total. The Hall–Kier alpha value is 0.274. The second-order valence-electron chi connectivity index (χ2n) is 5.70. The van der Waals surface area contributed by atoms with Gasteiger partial charge in [-0.3, -0.25) is 0 Å². The molecule has 0 amide bonds. The highest BCUT2D eigenvalue weighted by Crippen LogP contribution is 2.22. The average molecular weight is 337 g/mol. The summed E-state index contributed by atoms with van der Waals surface area (Å²) >= 11 is 0. The molecular weight excluding hydrogens is 300 g/mol. The Kier molecular flexibility index (Phi) is 11.9. The predicted octanol–water partition coefficient (Wildman–Crippen LogP) is 2.04. The fourth-order valence-electron chi connectivity index (χ4n) is 2.96. The van der Waals surface area contributed by atoms with E-state index in [1.54, 1.807) is 28.4 Å². The number of ether oxygens (including phenoxy) is 4. The zero-order valence-electron chi connectivity index (χ0n) is 15.0. The Morgan fingerprint density at radius 2 is 1.00 bits per heavy atom. The molecule has 0 rings (SSSR count). The van der Waals surface area contributed by atoms with Crippen molar-refractivity contribution in [1.82, 2.24) is 0 Å². The van der Waals surface area contributed by atoms with E-state index in [9.17, 15) is 0 Å². The molecule has 0 spiro atoms. The van der Waals surface area contributed by atoms with Crippen LogP contribution in [-0.2, 0) is 18.9 Å². The third kappa shape index (κ3) is 7.39. The highest BCUT2D eigenvalue weighted by Gasteiger charge is 2.30. The second kappa shape index (κ2) is 11.8. The molecule has 128 valence electrons. The Bertz CT molecular complexity index is 220. The fourth-order valence-corrected chi connectivity index (χ4v) is 7.98. The molecule has 0 radical (unpaired) electrons. The van der Waals surface area contributed by atoms with Crippen molar-refractivity contribution in [3.8, 4) is 0 Å². The lowest BCUT2D eigenvalue weighted by Gasteiger charge is -2.32. The largest absolute Gasteiger partial charge is 0.358 e. The van der Waals surface area contributed by atoms with Crippen LogP contribution in [0.25, 0.3) is 0 Å². The van der Waals surface area contributed by atoms with E-state index in [-0.39, 0.29) is 29.9 Å². The minimum absolute atomic E-state index is 0.251. The van der Waals surface area contributed by atoms with E-state index < -0.39 is 0 Å². The lowest BCUT2D eigenvalue weighted by atomic mass is 10.3. The first kappa shape index (κ1) is 21.3. The van der Waals surface area contributed by atoms with Gasteiger partial charge in [0.25, 0.3) is 0 Å². The first-order valence-electron chi connectivity index (χ1n) is 8.28. The minimum Gasteiger partial charge on any atom is -0.358 e. The van der Waals surface area contributed by atoms with Crippen LogP contribution >= 0.6 is 0 Å². The van der Waals surface area contributed by atoms with Crippen LogP contribution in [0.4, 0.5) is 0 Å². The summed E-state index contributed by atoms with van der Waals surface area (Å²) in [7, 11) is 6.35. The molecule has 0 N–H and O–H groups in total. The molecule has 0 aromatic rings. The van der Waals surface area contributed by atoms with Crippen LogP contribution in [-0.4, -0.2) is 58.3 Å². The molecule has 0 aromatic heterocycles. The van der Waals surface area contributed by atoms with Gasteiger partial charge >= 0.3 is 0 Å². The van der Waals surface area contributed by atoms with Crippen LogP contribution < -0.4 is 0 Å². The lowest BCUT2D eigenvalue weighted by Crippen LogP contribution is -2.41. The minimum atomic E-state index is -0.385. The van der Waals surface area contributed by atoms with Crippen molar-refractivity contribution in [3.05, 3.63) is 0 Å². The fraction of sp³-hybridized carbons (Fsp3) is 1.00. The summed E-state index contributed by atoms with van der Waals surface area (Å²) in [5, 5.41) is 0. The molecule has 0 atom stereocenters. The summed E-state index contributed by atoms with van der Waals surface area (Å²) in [6.07, 6.45) is 5.50. The monoisotopic (exact) mass is 336 g/mol. The molecule has 0 unspecified atom stereocenters. The maximum Gasteiger partial charge on any atom is 0.144 e. The Morgan fingerprint density at radius 1 is 0.667 bits per heavy atom. The summed E-state index contributed by atoms with van der Waals surface area (Å²) in [6, 6.07) is 2.54. The van der Waals surface area contributed by atoms with Crippen molar-refractivity contribution in [3.63, 3.8) is 0 Å². The third-order valence-electron chi connectivity index (χ3n) is 4.37. The van der Waals surface area contributed by atoms with E-state index in [2.05, 4.69) is 13.8 Å².